The van der Waals surface area contributed by atoms with E-state index in [0.29, 0.717) is 37.7 Å². The molecule has 2 saturated carbocycles. The fourth-order valence-corrected chi connectivity index (χ4v) is 8.08. The highest BCUT2D eigenvalue weighted by Gasteiger charge is 2.41. The van der Waals surface area contributed by atoms with Gasteiger partial charge in [-0.15, -0.1) is 0 Å². The van der Waals surface area contributed by atoms with Gasteiger partial charge in [-0.1, -0.05) is 51.7 Å². The van der Waals surface area contributed by atoms with E-state index in [2.05, 4.69) is 42.5 Å². The van der Waals surface area contributed by atoms with E-state index in [4.69, 9.17) is 17.2 Å². The van der Waals surface area contributed by atoms with Crippen LogP contribution in [-0.4, -0.2) is 143 Å². The van der Waals surface area contributed by atoms with Gasteiger partial charge in [-0.25, -0.2) is 0 Å². The van der Waals surface area contributed by atoms with Crippen molar-refractivity contribution in [1.29, 1.82) is 0 Å². The average molecular weight is 955 g/mol. The van der Waals surface area contributed by atoms with Gasteiger partial charge in [0.1, 0.15) is 42.0 Å². The molecule has 0 unspecified atom stereocenters. The zero-order valence-corrected chi connectivity index (χ0v) is 38.4. The fourth-order valence-electron chi connectivity index (χ4n) is 8.08. The maximum Gasteiger partial charge on any atom is 0.247 e. The largest absolute Gasteiger partial charge is 0.508 e. The van der Waals surface area contributed by atoms with Crippen molar-refractivity contribution in [2.75, 3.05) is 26.2 Å². The lowest BCUT2D eigenvalue weighted by Crippen LogP contribution is -2.62. The normalized spacial score (nSPS) is 23.3. The number of nitrogens with two attached hydrogens (primary N) is 3. The van der Waals surface area contributed by atoms with Gasteiger partial charge in [0.25, 0.3) is 0 Å². The van der Waals surface area contributed by atoms with E-state index in [1.807, 2.05) is 0 Å². The molecule has 1 saturated heterocycles. The van der Waals surface area contributed by atoms with Gasteiger partial charge in [-0.2, -0.15) is 0 Å². The van der Waals surface area contributed by atoms with Crippen molar-refractivity contribution in [2.45, 2.75) is 133 Å². The minimum absolute atomic E-state index is 0.0503. The van der Waals surface area contributed by atoms with Gasteiger partial charge >= 0.3 is 0 Å². The summed E-state index contributed by atoms with van der Waals surface area (Å²) in [6.45, 7) is 1.38. The quantitative estimate of drug-likeness (QED) is 0.0665. The number of hydrogen-bond donors (Lipinski definition) is 12. The number of carbonyl (C=O) groups excluding carboxylic acids is 11. The Labute approximate surface area is 393 Å². The number of benzene rings is 1. The van der Waals surface area contributed by atoms with Gasteiger partial charge in [-0.05, 0) is 61.6 Å². The number of rotatable bonds is 18. The van der Waals surface area contributed by atoms with Crippen LogP contribution < -0.4 is 59.7 Å². The Morgan fingerprint density at radius 3 is 2.00 bits per heavy atom. The Balaban J connectivity index is 1.69. The first-order chi connectivity index (χ1) is 32.3. The summed E-state index contributed by atoms with van der Waals surface area (Å²) in [6.07, 6.45) is 3.40. The van der Waals surface area contributed by atoms with Crippen LogP contribution in [0.4, 0.5) is 0 Å². The molecule has 1 aromatic carbocycles. The molecule has 1 aromatic rings. The van der Waals surface area contributed by atoms with E-state index in [1.165, 1.54) is 29.2 Å². The third-order valence-corrected chi connectivity index (χ3v) is 12.2. The summed E-state index contributed by atoms with van der Waals surface area (Å²) in [5.74, 6) is -10.2. The lowest BCUT2D eigenvalue weighted by Gasteiger charge is -2.32. The maximum absolute atomic E-state index is 14.5. The molecule has 11 amide bonds. The molecule has 3 aliphatic rings. The predicted molar refractivity (Wildman–Crippen MR) is 241 cm³/mol. The zero-order valence-electron chi connectivity index (χ0n) is 38.4. The summed E-state index contributed by atoms with van der Waals surface area (Å²) in [5.41, 5.74) is 16.6. The molecule has 1 heterocycles. The second kappa shape index (κ2) is 25.9. The topological polar surface area (TPSA) is 386 Å². The first-order valence-corrected chi connectivity index (χ1v) is 23.0. The van der Waals surface area contributed by atoms with Gasteiger partial charge in [0.05, 0.1) is 26.1 Å². The summed E-state index contributed by atoms with van der Waals surface area (Å²) in [7, 11) is 0. The number of primary amides is 3. The number of aromatic hydroxyl groups is 1. The molecule has 68 heavy (non-hydrogen) atoms. The molecule has 2 aliphatic carbocycles. The number of nitrogens with one attached hydrogen (secondary N) is 8. The van der Waals surface area contributed by atoms with E-state index in [0.717, 1.165) is 19.3 Å². The standard InChI is InChI=1S/C44H66N12O12/c1-3-23(2)37-43(67)51-28(15-16-32(45)58)39(63)52-30(18-33(46)59)40(64)53-31(19-48-21-35(61)50-29(41(65)55-37)17-24-9-13-27(57)14-10-24)44(68)56(26-11-12-26)22-36(62)54-38(25-7-5-4-6-8-25)42(66)49-20-34(47)60/h9-10,13-14,23,25-26,28-31,37-38,48,57H,3-8,11-12,15-22H2,1-2H3,(H2,45,58)(H2,46,59)(H2,47,60)(H,49,66)(H,50,61)(H,51,67)(H,52,63)(H,53,64)(H,54,62)(H,55,65)/t23-,28-,29-,30-,31-,37-,38-/m0/s1. The summed E-state index contributed by atoms with van der Waals surface area (Å²) in [6, 6.07) is -3.21. The van der Waals surface area contributed by atoms with Crippen molar-refractivity contribution >= 4 is 65.0 Å². The summed E-state index contributed by atoms with van der Waals surface area (Å²) in [4.78, 5) is 148. The third-order valence-electron chi connectivity index (χ3n) is 12.2. The molecule has 0 spiro atoms. The average Bonchev–Trinajstić information content (AvgIpc) is 4.14. The van der Waals surface area contributed by atoms with Crippen molar-refractivity contribution in [2.24, 2.45) is 29.0 Å². The highest BCUT2D eigenvalue weighted by Crippen LogP contribution is 2.29. The first kappa shape index (κ1) is 53.8. The minimum Gasteiger partial charge on any atom is -0.508 e. The van der Waals surface area contributed by atoms with Gasteiger partial charge in [0.2, 0.25) is 65.0 Å². The molecular weight excluding hydrogens is 889 g/mol. The lowest BCUT2D eigenvalue weighted by molar-refractivity contribution is -0.141. The van der Waals surface area contributed by atoms with Crippen LogP contribution in [-0.2, 0) is 59.2 Å². The number of phenolic OH excluding ortho intramolecular Hbond substituents is 1. The molecule has 7 atom stereocenters. The Bertz CT molecular complexity index is 2030. The summed E-state index contributed by atoms with van der Waals surface area (Å²) in [5, 5.41) is 30.6. The molecule has 24 heteroatoms. The van der Waals surface area contributed by atoms with E-state index in [9.17, 15) is 57.8 Å². The Kier molecular flexibility index (Phi) is 20.5. The Morgan fingerprint density at radius 2 is 1.40 bits per heavy atom. The number of carbonyl (C=O) groups is 11. The van der Waals surface area contributed by atoms with Crippen LogP contribution in [0.15, 0.2) is 24.3 Å². The predicted octanol–water partition coefficient (Wildman–Crippen LogP) is -4.19. The second-order valence-electron chi connectivity index (χ2n) is 17.7. The number of phenols is 1. The second-order valence-corrected chi connectivity index (χ2v) is 17.7. The highest BCUT2D eigenvalue weighted by molar-refractivity contribution is 5.99. The first-order valence-electron chi connectivity index (χ1n) is 23.0. The van der Waals surface area contributed by atoms with Gasteiger partial charge in [-0.3, -0.25) is 52.7 Å². The molecule has 0 aromatic heterocycles. The molecule has 374 valence electrons. The van der Waals surface area contributed by atoms with Gasteiger partial charge in [0.15, 0.2) is 0 Å². The van der Waals surface area contributed by atoms with Crippen LogP contribution in [0.5, 0.6) is 5.75 Å². The van der Waals surface area contributed by atoms with Crippen molar-refractivity contribution < 1.29 is 57.8 Å². The fraction of sp³-hybridized carbons (Fsp3) is 0.614. The summed E-state index contributed by atoms with van der Waals surface area (Å²) < 4.78 is 0. The summed E-state index contributed by atoms with van der Waals surface area (Å²) >= 11 is 0. The Morgan fingerprint density at radius 1 is 0.765 bits per heavy atom. The van der Waals surface area contributed by atoms with Crippen molar-refractivity contribution in [3.8, 4) is 5.75 Å². The smallest absolute Gasteiger partial charge is 0.247 e. The van der Waals surface area contributed by atoms with Crippen LogP contribution >= 0.6 is 0 Å². The lowest BCUT2D eigenvalue weighted by atomic mass is 9.83. The molecule has 0 bridgehead atoms. The van der Waals surface area contributed by atoms with E-state index >= 15 is 0 Å². The van der Waals surface area contributed by atoms with E-state index in [1.54, 1.807) is 13.8 Å². The molecule has 4 rings (SSSR count). The van der Waals surface area contributed by atoms with Crippen molar-refractivity contribution in [3.05, 3.63) is 29.8 Å². The Hall–Kier alpha value is -6.85. The maximum atomic E-state index is 14.5. The molecule has 15 N–H and O–H groups in total. The number of amides is 11. The molecule has 0 radical (unpaired) electrons. The van der Waals surface area contributed by atoms with Crippen LogP contribution in [0.2, 0.25) is 0 Å². The van der Waals surface area contributed by atoms with Crippen molar-refractivity contribution in [3.63, 3.8) is 0 Å². The highest BCUT2D eigenvalue weighted by atomic mass is 16.3. The van der Waals surface area contributed by atoms with E-state index in [-0.39, 0.29) is 24.5 Å². The molecule has 1 aliphatic heterocycles. The molecule has 24 nitrogen and oxygen atoms in total. The minimum atomic E-state index is -1.76. The number of nitrogens with zero attached hydrogens (tertiary/aromatic N) is 1. The van der Waals surface area contributed by atoms with E-state index < -0.39 is 152 Å². The van der Waals surface area contributed by atoms with Crippen LogP contribution in [0.3, 0.4) is 0 Å². The van der Waals surface area contributed by atoms with Crippen molar-refractivity contribution in [1.82, 2.24) is 47.4 Å². The molecular formula is C44H66N12O12. The van der Waals surface area contributed by atoms with Crippen LogP contribution in [0, 0.1) is 11.8 Å². The monoisotopic (exact) mass is 954 g/mol. The van der Waals surface area contributed by atoms with Crippen LogP contribution in [0.1, 0.15) is 90.0 Å². The SMILES string of the molecule is CC[C@H](C)[C@@H]1NC(=O)[C@H](Cc2ccc(O)cc2)NC(=O)CNC[C@@H](C(=O)N(CC(=O)N[C@H](C(=O)NCC(N)=O)C2CCCCC2)C2CC2)NC(=O)[C@H](CC(N)=O)NC(=O)[C@H](CCC(N)=O)NC1=O. The van der Waals surface area contributed by atoms with Gasteiger partial charge < -0.3 is 69.7 Å². The van der Waals surface area contributed by atoms with Crippen LogP contribution in [0.25, 0.3) is 0 Å². The molecule has 3 fully saturated rings. The number of hydrogen-bond acceptors (Lipinski definition) is 13. The zero-order chi connectivity index (χ0) is 50.1. The third kappa shape index (κ3) is 17.1. The van der Waals surface area contributed by atoms with Gasteiger partial charge in [0, 0.05) is 25.4 Å².